The van der Waals surface area contributed by atoms with Gasteiger partial charge in [0.25, 0.3) is 5.69 Å². The van der Waals surface area contributed by atoms with Crippen molar-refractivity contribution < 1.29 is 9.31 Å². The Morgan fingerprint density at radius 2 is 1.90 bits per heavy atom. The predicted molar refractivity (Wildman–Crippen MR) is 80.8 cm³/mol. The van der Waals surface area contributed by atoms with Gasteiger partial charge >= 0.3 is 0 Å². The summed E-state index contributed by atoms with van der Waals surface area (Å²) in [4.78, 5) is 10.4. The highest BCUT2D eigenvalue weighted by atomic mass is 19.1. The molecule has 0 aliphatic heterocycles. The van der Waals surface area contributed by atoms with Crippen LogP contribution in [0.4, 0.5) is 15.8 Å². The Hall–Kier alpha value is -2.43. The summed E-state index contributed by atoms with van der Waals surface area (Å²) >= 11 is 0. The van der Waals surface area contributed by atoms with Crippen LogP contribution < -0.4 is 5.32 Å². The van der Waals surface area contributed by atoms with Gasteiger partial charge in [0.05, 0.1) is 10.5 Å². The van der Waals surface area contributed by atoms with Gasteiger partial charge in [-0.3, -0.25) is 10.1 Å². The van der Waals surface area contributed by atoms with Gasteiger partial charge in [-0.15, -0.1) is 0 Å². The van der Waals surface area contributed by atoms with Gasteiger partial charge in [0.15, 0.2) is 0 Å². The molecule has 2 aromatic rings. The van der Waals surface area contributed by atoms with E-state index in [1.54, 1.807) is 0 Å². The number of nitrogens with one attached hydrogen (secondary N) is 1. The first-order valence-electron chi connectivity index (χ1n) is 6.85. The molecule has 0 aliphatic carbocycles. The molecule has 0 bridgehead atoms. The van der Waals surface area contributed by atoms with Crippen molar-refractivity contribution in [3.05, 3.63) is 69.5 Å². The standard InChI is InChI=1S/C16H17FN2O2/c1-2-3-12-4-7-15(8-5-12)18-11-13-10-14(17)6-9-16(13)19(20)21/h4-10,18H,2-3,11H2,1H3. The number of nitrogens with zero attached hydrogens (tertiary/aromatic N) is 1. The van der Waals surface area contributed by atoms with Crippen LogP contribution in [0.15, 0.2) is 42.5 Å². The third-order valence-corrected chi connectivity index (χ3v) is 3.21. The van der Waals surface area contributed by atoms with Crippen LogP contribution in [-0.2, 0) is 13.0 Å². The molecule has 110 valence electrons. The van der Waals surface area contributed by atoms with E-state index in [1.807, 2.05) is 24.3 Å². The average Bonchev–Trinajstić information content (AvgIpc) is 2.46. The molecule has 0 heterocycles. The number of aryl methyl sites for hydroxylation is 1. The van der Waals surface area contributed by atoms with Gasteiger partial charge in [-0.05, 0) is 36.2 Å². The summed E-state index contributed by atoms with van der Waals surface area (Å²) in [6.07, 6.45) is 2.11. The van der Waals surface area contributed by atoms with Gasteiger partial charge < -0.3 is 5.32 Å². The van der Waals surface area contributed by atoms with E-state index in [1.165, 1.54) is 17.7 Å². The van der Waals surface area contributed by atoms with Crippen LogP contribution in [0.3, 0.4) is 0 Å². The second-order valence-electron chi connectivity index (χ2n) is 4.83. The van der Waals surface area contributed by atoms with Gasteiger partial charge in [-0.1, -0.05) is 25.5 Å². The highest BCUT2D eigenvalue weighted by Crippen LogP contribution is 2.21. The fourth-order valence-electron chi connectivity index (χ4n) is 2.15. The zero-order chi connectivity index (χ0) is 15.2. The summed E-state index contributed by atoms with van der Waals surface area (Å²) in [5.74, 6) is -0.476. The van der Waals surface area contributed by atoms with E-state index in [9.17, 15) is 14.5 Å². The molecule has 0 unspecified atom stereocenters. The lowest BCUT2D eigenvalue weighted by Crippen LogP contribution is -2.03. The second kappa shape index (κ2) is 6.83. The molecule has 2 aromatic carbocycles. The van der Waals surface area contributed by atoms with E-state index in [0.717, 1.165) is 24.6 Å². The molecule has 2 rings (SSSR count). The Morgan fingerprint density at radius 3 is 2.52 bits per heavy atom. The van der Waals surface area contributed by atoms with Crippen molar-refractivity contribution in [3.8, 4) is 0 Å². The minimum absolute atomic E-state index is 0.0773. The molecule has 0 amide bonds. The SMILES string of the molecule is CCCc1ccc(NCc2cc(F)ccc2[N+](=O)[O-])cc1. The molecule has 21 heavy (non-hydrogen) atoms. The Bertz CT molecular complexity index is 627. The quantitative estimate of drug-likeness (QED) is 0.637. The van der Waals surface area contributed by atoms with E-state index >= 15 is 0 Å². The van der Waals surface area contributed by atoms with E-state index in [4.69, 9.17) is 0 Å². The summed E-state index contributed by atoms with van der Waals surface area (Å²) in [7, 11) is 0. The van der Waals surface area contributed by atoms with Crippen molar-refractivity contribution in [2.75, 3.05) is 5.32 Å². The summed E-state index contributed by atoms with van der Waals surface area (Å²) in [6, 6.07) is 11.4. The van der Waals surface area contributed by atoms with Crippen LogP contribution >= 0.6 is 0 Å². The van der Waals surface area contributed by atoms with Crippen LogP contribution in [0.25, 0.3) is 0 Å². The van der Waals surface area contributed by atoms with Gasteiger partial charge in [-0.25, -0.2) is 4.39 Å². The van der Waals surface area contributed by atoms with E-state index in [2.05, 4.69) is 12.2 Å². The number of rotatable bonds is 6. The molecular formula is C16H17FN2O2. The van der Waals surface area contributed by atoms with E-state index in [0.29, 0.717) is 5.56 Å². The number of anilines is 1. The first-order chi connectivity index (χ1) is 10.1. The van der Waals surface area contributed by atoms with Crippen LogP contribution in [0.1, 0.15) is 24.5 Å². The monoisotopic (exact) mass is 288 g/mol. The Labute approximate surface area is 122 Å². The van der Waals surface area contributed by atoms with Crippen LogP contribution in [-0.4, -0.2) is 4.92 Å². The number of nitro groups is 1. The normalized spacial score (nSPS) is 10.4. The molecule has 1 N–H and O–H groups in total. The fraction of sp³-hybridized carbons (Fsp3) is 0.250. The summed E-state index contributed by atoms with van der Waals surface area (Å²) in [5, 5.41) is 14.0. The van der Waals surface area contributed by atoms with Gasteiger partial charge in [0.1, 0.15) is 5.82 Å². The third-order valence-electron chi connectivity index (χ3n) is 3.21. The van der Waals surface area contributed by atoms with Crippen LogP contribution in [0.5, 0.6) is 0 Å². The summed E-state index contributed by atoms with van der Waals surface area (Å²) in [6.45, 7) is 2.33. The summed E-state index contributed by atoms with van der Waals surface area (Å²) in [5.41, 5.74) is 2.36. The Kier molecular flexibility index (Phi) is 4.87. The maximum absolute atomic E-state index is 13.2. The number of benzene rings is 2. The predicted octanol–water partition coefficient (Wildman–Crippen LogP) is 4.30. The van der Waals surface area contributed by atoms with Gasteiger partial charge in [0.2, 0.25) is 0 Å². The van der Waals surface area contributed by atoms with Crippen LogP contribution in [0, 0.1) is 15.9 Å². The van der Waals surface area contributed by atoms with Gasteiger partial charge in [0, 0.05) is 18.3 Å². The van der Waals surface area contributed by atoms with Crippen molar-refractivity contribution >= 4 is 11.4 Å². The highest BCUT2D eigenvalue weighted by molar-refractivity contribution is 5.48. The Balaban J connectivity index is 2.08. The zero-order valence-corrected chi connectivity index (χ0v) is 11.8. The molecule has 0 radical (unpaired) electrons. The second-order valence-corrected chi connectivity index (χ2v) is 4.83. The number of nitro benzene ring substituents is 1. The van der Waals surface area contributed by atoms with Crippen molar-refractivity contribution in [2.24, 2.45) is 0 Å². The minimum Gasteiger partial charge on any atom is -0.381 e. The molecule has 0 aliphatic rings. The van der Waals surface area contributed by atoms with Gasteiger partial charge in [-0.2, -0.15) is 0 Å². The van der Waals surface area contributed by atoms with Crippen LogP contribution in [0.2, 0.25) is 0 Å². The molecule has 0 saturated carbocycles. The van der Waals surface area contributed by atoms with Crippen molar-refractivity contribution in [1.29, 1.82) is 0 Å². The smallest absolute Gasteiger partial charge is 0.274 e. The molecular weight excluding hydrogens is 271 g/mol. The minimum atomic E-state index is -0.499. The number of hydrogen-bond donors (Lipinski definition) is 1. The lowest BCUT2D eigenvalue weighted by molar-refractivity contribution is -0.385. The molecule has 0 spiro atoms. The first-order valence-corrected chi connectivity index (χ1v) is 6.85. The molecule has 0 atom stereocenters. The Morgan fingerprint density at radius 1 is 1.19 bits per heavy atom. The summed E-state index contributed by atoms with van der Waals surface area (Å²) < 4.78 is 13.2. The lowest BCUT2D eigenvalue weighted by Gasteiger charge is -2.08. The molecule has 0 saturated heterocycles. The average molecular weight is 288 g/mol. The van der Waals surface area contributed by atoms with Crippen molar-refractivity contribution in [1.82, 2.24) is 0 Å². The third kappa shape index (κ3) is 4.02. The highest BCUT2D eigenvalue weighted by Gasteiger charge is 2.13. The van der Waals surface area contributed by atoms with Crippen molar-refractivity contribution in [3.63, 3.8) is 0 Å². The lowest BCUT2D eigenvalue weighted by atomic mass is 10.1. The van der Waals surface area contributed by atoms with Crippen molar-refractivity contribution in [2.45, 2.75) is 26.3 Å². The molecule has 4 nitrogen and oxygen atoms in total. The topological polar surface area (TPSA) is 55.2 Å². The molecule has 0 fully saturated rings. The maximum atomic E-state index is 13.2. The zero-order valence-electron chi connectivity index (χ0n) is 11.8. The number of hydrogen-bond acceptors (Lipinski definition) is 3. The first kappa shape index (κ1) is 15.0. The van der Waals surface area contributed by atoms with E-state index < -0.39 is 10.7 Å². The largest absolute Gasteiger partial charge is 0.381 e. The number of halogens is 1. The van der Waals surface area contributed by atoms with E-state index in [-0.39, 0.29) is 12.2 Å². The fourth-order valence-corrected chi connectivity index (χ4v) is 2.15. The molecule has 5 heteroatoms. The molecule has 0 aromatic heterocycles. The maximum Gasteiger partial charge on any atom is 0.274 e.